The molecule has 6 heteroatoms. The Morgan fingerprint density at radius 3 is 2.75 bits per heavy atom. The van der Waals surface area contributed by atoms with Gasteiger partial charge in [-0.15, -0.1) is 0 Å². The van der Waals surface area contributed by atoms with Gasteiger partial charge in [-0.25, -0.2) is 9.97 Å². The van der Waals surface area contributed by atoms with Gasteiger partial charge in [0.1, 0.15) is 5.69 Å². The third-order valence-corrected chi connectivity index (χ3v) is 4.19. The molecule has 2 aromatic rings. The number of nitrogens with zero attached hydrogens (tertiary/aromatic N) is 3. The molecule has 128 valence electrons. The first-order valence-electron chi connectivity index (χ1n) is 8.05. The maximum atomic E-state index is 12.5. The molecule has 1 amide bonds. The maximum absolute atomic E-state index is 12.5. The fourth-order valence-electron chi connectivity index (χ4n) is 2.29. The molecular formula is C18H23ClN4O. The molecule has 0 aliphatic carbocycles. The number of amides is 1. The van der Waals surface area contributed by atoms with E-state index in [4.69, 9.17) is 11.6 Å². The summed E-state index contributed by atoms with van der Waals surface area (Å²) in [5.74, 6) is 0.299. The van der Waals surface area contributed by atoms with Crippen LogP contribution in [0.5, 0.6) is 0 Å². The van der Waals surface area contributed by atoms with Crippen LogP contribution in [-0.2, 0) is 0 Å². The van der Waals surface area contributed by atoms with Gasteiger partial charge in [0.15, 0.2) is 0 Å². The number of rotatable bonds is 6. The predicted octanol–water partition coefficient (Wildman–Crippen LogP) is 4.36. The number of carbonyl (C=O) groups is 1. The molecule has 24 heavy (non-hydrogen) atoms. The van der Waals surface area contributed by atoms with Gasteiger partial charge in [0, 0.05) is 30.0 Å². The summed E-state index contributed by atoms with van der Waals surface area (Å²) >= 11 is 6.14. The molecule has 0 aliphatic rings. The van der Waals surface area contributed by atoms with Crippen molar-refractivity contribution in [1.82, 2.24) is 14.9 Å². The number of hydrogen-bond donors (Lipinski definition) is 1. The van der Waals surface area contributed by atoms with Gasteiger partial charge in [0.25, 0.3) is 5.91 Å². The number of anilines is 2. The fourth-order valence-corrected chi connectivity index (χ4v) is 2.46. The van der Waals surface area contributed by atoms with Crippen LogP contribution >= 0.6 is 11.6 Å². The standard InChI is InChI=1S/C18H23ClN4O/c1-5-6-10-23(4)17(24)16-11-12(2)20-18(22-16)21-15-9-7-8-14(19)13(15)3/h7-9,11H,5-6,10H2,1-4H3,(H,20,21,22). The van der Waals surface area contributed by atoms with Crippen LogP contribution in [0.3, 0.4) is 0 Å². The highest BCUT2D eigenvalue weighted by molar-refractivity contribution is 6.31. The zero-order valence-electron chi connectivity index (χ0n) is 14.6. The lowest BCUT2D eigenvalue weighted by molar-refractivity contribution is 0.0787. The Kier molecular flexibility index (Phi) is 6.15. The van der Waals surface area contributed by atoms with Crippen molar-refractivity contribution in [3.8, 4) is 0 Å². The van der Waals surface area contributed by atoms with E-state index < -0.39 is 0 Å². The summed E-state index contributed by atoms with van der Waals surface area (Å²) in [5.41, 5.74) is 2.87. The molecular weight excluding hydrogens is 324 g/mol. The zero-order valence-corrected chi connectivity index (χ0v) is 15.3. The average molecular weight is 347 g/mol. The van der Waals surface area contributed by atoms with Crippen LogP contribution in [0.15, 0.2) is 24.3 Å². The van der Waals surface area contributed by atoms with E-state index >= 15 is 0 Å². The SMILES string of the molecule is CCCCN(C)C(=O)c1cc(C)nc(Nc2cccc(Cl)c2C)n1. The van der Waals surface area contributed by atoms with Gasteiger partial charge in [-0.2, -0.15) is 0 Å². The Morgan fingerprint density at radius 2 is 2.04 bits per heavy atom. The summed E-state index contributed by atoms with van der Waals surface area (Å²) in [7, 11) is 1.80. The number of carbonyl (C=O) groups excluding carboxylic acids is 1. The molecule has 1 aromatic heterocycles. The highest BCUT2D eigenvalue weighted by Gasteiger charge is 2.15. The normalized spacial score (nSPS) is 10.5. The molecule has 0 atom stereocenters. The molecule has 1 aromatic carbocycles. The first-order chi connectivity index (χ1) is 11.4. The molecule has 1 heterocycles. The monoisotopic (exact) mass is 346 g/mol. The number of aryl methyl sites for hydroxylation is 1. The number of hydrogen-bond acceptors (Lipinski definition) is 4. The quantitative estimate of drug-likeness (QED) is 0.844. The zero-order chi connectivity index (χ0) is 17.7. The Balaban J connectivity index is 2.25. The Bertz CT molecular complexity index is 733. The van der Waals surface area contributed by atoms with Crippen molar-refractivity contribution < 1.29 is 4.79 Å². The topological polar surface area (TPSA) is 58.1 Å². The smallest absolute Gasteiger partial charge is 0.272 e. The van der Waals surface area contributed by atoms with Crippen molar-refractivity contribution in [2.24, 2.45) is 0 Å². The second-order valence-corrected chi connectivity index (χ2v) is 6.24. The minimum absolute atomic E-state index is 0.0974. The number of benzene rings is 1. The molecule has 0 saturated heterocycles. The number of aromatic nitrogens is 2. The van der Waals surface area contributed by atoms with Crippen LogP contribution in [0.25, 0.3) is 0 Å². The fraction of sp³-hybridized carbons (Fsp3) is 0.389. The van der Waals surface area contributed by atoms with Gasteiger partial charge in [0.2, 0.25) is 5.95 Å². The van der Waals surface area contributed by atoms with Crippen molar-refractivity contribution in [3.05, 3.63) is 46.2 Å². The summed E-state index contributed by atoms with van der Waals surface area (Å²) in [6.07, 6.45) is 2.01. The van der Waals surface area contributed by atoms with Gasteiger partial charge < -0.3 is 10.2 Å². The van der Waals surface area contributed by atoms with Gasteiger partial charge >= 0.3 is 0 Å². The van der Waals surface area contributed by atoms with Crippen molar-refractivity contribution in [2.45, 2.75) is 33.6 Å². The Morgan fingerprint density at radius 1 is 1.29 bits per heavy atom. The third-order valence-electron chi connectivity index (χ3n) is 3.78. The van der Waals surface area contributed by atoms with E-state index in [0.29, 0.717) is 23.2 Å². The van der Waals surface area contributed by atoms with Crippen molar-refractivity contribution in [1.29, 1.82) is 0 Å². The molecule has 5 nitrogen and oxygen atoms in total. The van der Waals surface area contributed by atoms with Gasteiger partial charge in [0.05, 0.1) is 0 Å². The largest absolute Gasteiger partial charge is 0.340 e. The van der Waals surface area contributed by atoms with E-state index in [1.165, 1.54) is 0 Å². The lowest BCUT2D eigenvalue weighted by atomic mass is 10.2. The number of unbranched alkanes of at least 4 members (excludes halogenated alkanes) is 1. The molecule has 0 spiro atoms. The Hall–Kier alpha value is -2.14. The van der Waals surface area contributed by atoms with Crippen molar-refractivity contribution in [2.75, 3.05) is 18.9 Å². The van der Waals surface area contributed by atoms with E-state index in [1.54, 1.807) is 18.0 Å². The molecule has 0 aliphatic heterocycles. The van der Waals surface area contributed by atoms with E-state index in [9.17, 15) is 4.79 Å². The minimum atomic E-state index is -0.0974. The summed E-state index contributed by atoms with van der Waals surface area (Å²) in [5, 5.41) is 3.82. The van der Waals surface area contributed by atoms with Gasteiger partial charge in [-0.05, 0) is 44.0 Å². The summed E-state index contributed by atoms with van der Waals surface area (Å²) in [6, 6.07) is 7.30. The average Bonchev–Trinajstić information content (AvgIpc) is 2.55. The summed E-state index contributed by atoms with van der Waals surface area (Å²) in [6.45, 7) is 6.59. The first kappa shape index (κ1) is 18.2. The van der Waals surface area contributed by atoms with Crippen LogP contribution in [0.4, 0.5) is 11.6 Å². The second kappa shape index (κ2) is 8.11. The molecule has 0 fully saturated rings. The predicted molar refractivity (Wildman–Crippen MR) is 98.1 cm³/mol. The molecule has 0 radical (unpaired) electrons. The minimum Gasteiger partial charge on any atom is -0.340 e. The highest BCUT2D eigenvalue weighted by atomic mass is 35.5. The van der Waals surface area contributed by atoms with Crippen molar-refractivity contribution >= 4 is 29.1 Å². The Labute approximate surface area is 148 Å². The van der Waals surface area contributed by atoms with Crippen LogP contribution in [0, 0.1) is 13.8 Å². The summed E-state index contributed by atoms with van der Waals surface area (Å²) < 4.78 is 0. The van der Waals surface area contributed by atoms with Gasteiger partial charge in [-0.3, -0.25) is 4.79 Å². The molecule has 0 saturated carbocycles. The highest BCUT2D eigenvalue weighted by Crippen LogP contribution is 2.25. The van der Waals surface area contributed by atoms with Crippen molar-refractivity contribution in [3.63, 3.8) is 0 Å². The lowest BCUT2D eigenvalue weighted by Crippen LogP contribution is -2.28. The molecule has 1 N–H and O–H groups in total. The molecule has 2 rings (SSSR count). The molecule has 0 unspecified atom stereocenters. The number of halogens is 1. The second-order valence-electron chi connectivity index (χ2n) is 5.84. The lowest BCUT2D eigenvalue weighted by Gasteiger charge is -2.17. The van der Waals surface area contributed by atoms with E-state index in [0.717, 1.165) is 29.8 Å². The van der Waals surface area contributed by atoms with Crippen LogP contribution in [-0.4, -0.2) is 34.4 Å². The van der Waals surface area contributed by atoms with E-state index in [-0.39, 0.29) is 5.91 Å². The number of nitrogens with one attached hydrogen (secondary N) is 1. The maximum Gasteiger partial charge on any atom is 0.272 e. The van der Waals surface area contributed by atoms with E-state index in [2.05, 4.69) is 22.2 Å². The third kappa shape index (κ3) is 4.45. The van der Waals surface area contributed by atoms with Gasteiger partial charge in [-0.1, -0.05) is 31.0 Å². The van der Waals surface area contributed by atoms with Crippen LogP contribution in [0.1, 0.15) is 41.5 Å². The molecule has 0 bridgehead atoms. The van der Waals surface area contributed by atoms with Crippen LogP contribution < -0.4 is 5.32 Å². The summed E-state index contributed by atoms with van der Waals surface area (Å²) in [4.78, 5) is 22.9. The van der Waals surface area contributed by atoms with Crippen LogP contribution in [0.2, 0.25) is 5.02 Å². The van der Waals surface area contributed by atoms with E-state index in [1.807, 2.05) is 32.0 Å². The first-order valence-corrected chi connectivity index (χ1v) is 8.43.